The highest BCUT2D eigenvalue weighted by Crippen LogP contribution is 2.74. The van der Waals surface area contributed by atoms with Crippen LogP contribution >= 0.6 is 15.6 Å². The van der Waals surface area contributed by atoms with E-state index in [9.17, 15) is 13.9 Å². The molecule has 25 heavy (non-hydrogen) atoms. The summed E-state index contributed by atoms with van der Waals surface area (Å²) < 4.78 is 56.9. The number of fused-ring (bicyclic) bond motifs is 4. The molecule has 0 saturated heterocycles. The van der Waals surface area contributed by atoms with Crippen molar-refractivity contribution in [2.45, 2.75) is 0 Å². The molecule has 0 spiro atoms. The largest absolute Gasteiger partial charge is 0.647 e. The van der Waals surface area contributed by atoms with Crippen molar-refractivity contribution in [3.8, 4) is 34.5 Å². The van der Waals surface area contributed by atoms with E-state index in [1.807, 2.05) is 0 Å². The molecular weight excluding hydrogens is 376 g/mol. The van der Waals surface area contributed by atoms with Crippen molar-refractivity contribution >= 4 is 37.5 Å². The summed E-state index contributed by atoms with van der Waals surface area (Å²) in [5.74, 6) is 0.0937. The fourth-order valence-electron chi connectivity index (χ4n) is 3.43. The van der Waals surface area contributed by atoms with Gasteiger partial charge in [0.1, 0.15) is 5.52 Å². The minimum atomic E-state index is -4.04. The third kappa shape index (κ3) is 1.21. The van der Waals surface area contributed by atoms with E-state index in [1.165, 1.54) is 12.1 Å². The summed E-state index contributed by atoms with van der Waals surface area (Å²) in [6.45, 7) is 0. The van der Waals surface area contributed by atoms with Crippen molar-refractivity contribution in [1.29, 1.82) is 0 Å². The van der Waals surface area contributed by atoms with E-state index >= 15 is 0 Å². The maximum atomic E-state index is 13.0. The summed E-state index contributed by atoms with van der Waals surface area (Å²) in [6.07, 6.45) is 0. The molecule has 0 aliphatic carbocycles. The Labute approximate surface area is 136 Å². The molecule has 10 nitrogen and oxygen atoms in total. The highest BCUT2D eigenvalue weighted by atomic mass is 31.2. The highest BCUT2D eigenvalue weighted by molar-refractivity contribution is 7.51. The van der Waals surface area contributed by atoms with Gasteiger partial charge in [0.25, 0.3) is 0 Å². The van der Waals surface area contributed by atoms with Crippen LogP contribution in [0.1, 0.15) is 0 Å². The van der Waals surface area contributed by atoms with E-state index in [2.05, 4.69) is 4.98 Å². The summed E-state index contributed by atoms with van der Waals surface area (Å²) in [5.41, 5.74) is 0.0756. The van der Waals surface area contributed by atoms with Crippen molar-refractivity contribution in [2.75, 3.05) is 0 Å². The number of pyridine rings is 1. The van der Waals surface area contributed by atoms with E-state index in [1.54, 1.807) is 0 Å². The Morgan fingerprint density at radius 2 is 1.36 bits per heavy atom. The molecule has 1 N–H and O–H groups in total. The number of rotatable bonds is 0. The van der Waals surface area contributed by atoms with Gasteiger partial charge in [0.05, 0.1) is 16.3 Å². The molecule has 7 rings (SSSR count). The molecule has 12 heteroatoms. The topological polar surface area (TPSA) is 122 Å². The Morgan fingerprint density at radius 1 is 0.720 bits per heavy atom. The summed E-state index contributed by atoms with van der Waals surface area (Å²) in [5, 5.41) is 0.328. The first-order valence-corrected chi connectivity index (χ1v) is 9.97. The minimum Gasteiger partial charge on any atom is -0.382 e. The van der Waals surface area contributed by atoms with Crippen LogP contribution in [-0.2, 0) is 9.13 Å². The van der Waals surface area contributed by atoms with Crippen molar-refractivity contribution in [3.63, 3.8) is 0 Å². The van der Waals surface area contributed by atoms with Gasteiger partial charge in [-0.2, -0.15) is 9.13 Å². The van der Waals surface area contributed by atoms with Crippen LogP contribution in [0, 0.1) is 0 Å². The number of hydrogen-bond donors (Lipinski definition) is 1. The zero-order chi connectivity index (χ0) is 16.7. The van der Waals surface area contributed by atoms with E-state index in [0.717, 1.165) is 0 Å². The fourth-order valence-corrected chi connectivity index (χ4v) is 6.01. The van der Waals surface area contributed by atoms with Crippen LogP contribution in [0.4, 0.5) is 0 Å². The van der Waals surface area contributed by atoms with Crippen LogP contribution in [0.3, 0.4) is 0 Å². The third-order valence-corrected chi connectivity index (χ3v) is 6.84. The quantitative estimate of drug-likeness (QED) is 0.463. The molecule has 2 aromatic carbocycles. The normalized spacial score (nSPS) is 28.3. The van der Waals surface area contributed by atoms with Gasteiger partial charge in [0.2, 0.25) is 22.7 Å². The van der Waals surface area contributed by atoms with Crippen LogP contribution in [-0.4, -0.2) is 4.98 Å². The smallest absolute Gasteiger partial charge is 0.382 e. The van der Waals surface area contributed by atoms with Gasteiger partial charge in [-0.3, -0.25) is 4.79 Å². The Kier molecular flexibility index (Phi) is 1.65. The van der Waals surface area contributed by atoms with E-state index in [-0.39, 0.29) is 50.8 Å². The molecule has 1 aromatic heterocycles. The van der Waals surface area contributed by atoms with Gasteiger partial charge >= 0.3 is 15.6 Å². The molecule has 2 unspecified atom stereocenters. The third-order valence-electron chi connectivity index (χ3n) is 4.39. The fraction of sp³-hybridized carbons (Fsp3) is 0. The lowest BCUT2D eigenvalue weighted by molar-refractivity contribution is 0.320. The van der Waals surface area contributed by atoms with Gasteiger partial charge in [-0.05, 0) is 12.1 Å². The predicted molar refractivity (Wildman–Crippen MR) is 81.1 cm³/mol. The summed E-state index contributed by atoms with van der Waals surface area (Å²) in [7, 11) is -7.95. The van der Waals surface area contributed by atoms with Gasteiger partial charge in [-0.1, -0.05) is 0 Å². The monoisotopic (exact) mass is 379 g/mol. The Hall–Kier alpha value is -2.83. The summed E-state index contributed by atoms with van der Waals surface area (Å²) in [4.78, 5) is 16.0. The van der Waals surface area contributed by atoms with Crippen LogP contribution in [0.25, 0.3) is 21.8 Å². The van der Waals surface area contributed by atoms with Crippen molar-refractivity contribution in [3.05, 3.63) is 22.4 Å². The molecule has 0 radical (unpaired) electrons. The number of phosphoric ester groups is 2. The number of nitrogens with one attached hydrogen (secondary N) is 1. The highest BCUT2D eigenvalue weighted by Gasteiger charge is 2.56. The molecule has 3 aromatic rings. The molecule has 124 valence electrons. The number of aromatic amines is 1. The van der Waals surface area contributed by atoms with Gasteiger partial charge < -0.3 is 32.1 Å². The van der Waals surface area contributed by atoms with Crippen LogP contribution in [0.15, 0.2) is 16.9 Å². The zero-order valence-corrected chi connectivity index (χ0v) is 13.5. The van der Waals surface area contributed by atoms with Crippen LogP contribution < -0.4 is 32.6 Å². The van der Waals surface area contributed by atoms with E-state index < -0.39 is 21.1 Å². The molecule has 4 aliphatic rings. The lowest BCUT2D eigenvalue weighted by Crippen LogP contribution is -2.11. The van der Waals surface area contributed by atoms with Gasteiger partial charge in [0, 0.05) is 0 Å². The lowest BCUT2D eigenvalue weighted by atomic mass is 10.1. The molecule has 6 bridgehead atoms. The number of H-pyrrole nitrogens is 1. The first-order chi connectivity index (χ1) is 11.9. The second kappa shape index (κ2) is 3.29. The lowest BCUT2D eigenvalue weighted by Gasteiger charge is -2.19. The predicted octanol–water partition coefficient (Wildman–Crippen LogP) is 3.22. The first-order valence-electron chi connectivity index (χ1n) is 7.05. The molecule has 0 saturated carbocycles. The second-order valence-electron chi connectivity index (χ2n) is 5.78. The number of phosphoric acid groups is 2. The number of aromatic nitrogens is 1. The van der Waals surface area contributed by atoms with Crippen molar-refractivity contribution < 1.29 is 36.3 Å². The number of benzene rings is 2. The zero-order valence-electron chi connectivity index (χ0n) is 11.7. The molecule has 4 aliphatic heterocycles. The average molecular weight is 379 g/mol. The van der Waals surface area contributed by atoms with Crippen LogP contribution in [0.2, 0.25) is 0 Å². The first kappa shape index (κ1) is 12.5. The summed E-state index contributed by atoms with van der Waals surface area (Å²) in [6, 6.07) is 2.98. The average Bonchev–Trinajstić information content (AvgIpc) is 3.17. The Bertz CT molecular complexity index is 1390. The number of hydrogen-bond acceptors (Lipinski definition) is 9. The van der Waals surface area contributed by atoms with E-state index in [4.69, 9.17) is 27.1 Å². The van der Waals surface area contributed by atoms with Gasteiger partial charge in [0.15, 0.2) is 17.2 Å². The Morgan fingerprint density at radius 3 is 2.20 bits per heavy atom. The SMILES string of the molecule is O=c1c2ccc3c4c2[nH]c2c(c5c6c(c12)OP(=O)(O5)O6)OP(=O)(O3)O4. The maximum absolute atomic E-state index is 13.0. The molecule has 2 atom stereocenters. The molecule has 5 heterocycles. The molecular formula is C13H3NO9P2. The van der Waals surface area contributed by atoms with Crippen molar-refractivity contribution in [1.82, 2.24) is 4.98 Å². The maximum Gasteiger partial charge on any atom is 0.647 e. The second-order valence-corrected chi connectivity index (χ2v) is 8.66. The van der Waals surface area contributed by atoms with Crippen LogP contribution in [0.5, 0.6) is 34.5 Å². The summed E-state index contributed by atoms with van der Waals surface area (Å²) >= 11 is 0. The molecule has 0 fully saturated rings. The minimum absolute atomic E-state index is 0.0113. The van der Waals surface area contributed by atoms with E-state index in [0.29, 0.717) is 5.52 Å². The Balaban J connectivity index is 1.83. The van der Waals surface area contributed by atoms with Gasteiger partial charge in [-0.15, -0.1) is 0 Å². The van der Waals surface area contributed by atoms with Gasteiger partial charge in [-0.25, -0.2) is 0 Å². The molecule has 0 amide bonds. The van der Waals surface area contributed by atoms with Crippen molar-refractivity contribution in [2.24, 2.45) is 0 Å². The standard InChI is InChI=1S/C13H3NO9P2/c15-8-3-1-2-4-9-6(3)14-7-5(8)10-12-13(23-25(17,20-10)22-12)11(7)21-24(16,18-4)19-9/h1-2H,(H,14,15).